The molecule has 100 valence electrons. The van der Waals surface area contributed by atoms with Gasteiger partial charge in [0.2, 0.25) is 0 Å². The Morgan fingerprint density at radius 3 is 2.42 bits per heavy atom. The van der Waals surface area contributed by atoms with Crippen LogP contribution in [0.1, 0.15) is 24.8 Å². The van der Waals surface area contributed by atoms with E-state index < -0.39 is 0 Å². The van der Waals surface area contributed by atoms with Crippen molar-refractivity contribution in [3.63, 3.8) is 0 Å². The van der Waals surface area contributed by atoms with Crippen molar-refractivity contribution in [1.82, 2.24) is 5.32 Å². The first-order valence-electron chi connectivity index (χ1n) is 6.34. The van der Waals surface area contributed by atoms with Gasteiger partial charge in [0.05, 0.1) is 20.3 Å². The van der Waals surface area contributed by atoms with Gasteiger partial charge in [-0.05, 0) is 37.0 Å². The van der Waals surface area contributed by atoms with Crippen molar-refractivity contribution in [2.75, 3.05) is 14.2 Å². The number of allylic oxidation sites excluding steroid dienone is 2. The fraction of sp³-hybridized carbons (Fsp3) is 0.400. The van der Waals surface area contributed by atoms with Crippen molar-refractivity contribution in [1.29, 1.82) is 5.26 Å². The van der Waals surface area contributed by atoms with Crippen LogP contribution in [0.4, 0.5) is 0 Å². The van der Waals surface area contributed by atoms with Crippen molar-refractivity contribution < 1.29 is 9.47 Å². The molecule has 4 heteroatoms. The summed E-state index contributed by atoms with van der Waals surface area (Å²) in [4.78, 5) is 0. The Bertz CT molecular complexity index is 507. The predicted molar refractivity (Wildman–Crippen MR) is 72.9 cm³/mol. The van der Waals surface area contributed by atoms with Crippen molar-refractivity contribution in [2.24, 2.45) is 0 Å². The maximum Gasteiger partial charge on any atom is 0.122 e. The van der Waals surface area contributed by atoms with Crippen LogP contribution < -0.4 is 14.8 Å². The number of nitrogens with one attached hydrogen (secondary N) is 1. The van der Waals surface area contributed by atoms with Gasteiger partial charge in [0.15, 0.2) is 0 Å². The fourth-order valence-corrected chi connectivity index (χ4v) is 2.24. The molecule has 0 atom stereocenters. The largest absolute Gasteiger partial charge is 0.497 e. The zero-order valence-corrected chi connectivity index (χ0v) is 11.3. The van der Waals surface area contributed by atoms with Gasteiger partial charge in [0.25, 0.3) is 0 Å². The van der Waals surface area contributed by atoms with Crippen LogP contribution in [-0.2, 0) is 6.54 Å². The molecule has 1 aromatic carbocycles. The van der Waals surface area contributed by atoms with E-state index in [-0.39, 0.29) is 0 Å². The second-order valence-corrected chi connectivity index (χ2v) is 4.50. The molecule has 0 bridgehead atoms. The minimum Gasteiger partial charge on any atom is -0.497 e. The first-order valence-corrected chi connectivity index (χ1v) is 6.34. The average molecular weight is 258 g/mol. The minimum absolute atomic E-state index is 0.675. The molecule has 0 saturated carbocycles. The average Bonchev–Trinajstić information content (AvgIpc) is 2.92. The summed E-state index contributed by atoms with van der Waals surface area (Å²) in [6.45, 7) is 0.675. The Morgan fingerprint density at radius 1 is 1.16 bits per heavy atom. The second kappa shape index (κ2) is 6.14. The maximum absolute atomic E-state index is 9.01. The summed E-state index contributed by atoms with van der Waals surface area (Å²) in [6, 6.07) is 8.05. The monoisotopic (exact) mass is 258 g/mol. The van der Waals surface area contributed by atoms with E-state index in [1.54, 1.807) is 14.2 Å². The number of nitrogens with zero attached hydrogens (tertiary/aromatic N) is 1. The third-order valence-corrected chi connectivity index (χ3v) is 3.27. The van der Waals surface area contributed by atoms with Gasteiger partial charge in [-0.15, -0.1) is 0 Å². The topological polar surface area (TPSA) is 54.3 Å². The Morgan fingerprint density at radius 2 is 1.84 bits per heavy atom. The van der Waals surface area contributed by atoms with Gasteiger partial charge in [-0.1, -0.05) is 0 Å². The van der Waals surface area contributed by atoms with Crippen molar-refractivity contribution in [2.45, 2.75) is 25.8 Å². The lowest BCUT2D eigenvalue weighted by Gasteiger charge is -2.11. The van der Waals surface area contributed by atoms with Gasteiger partial charge in [-0.2, -0.15) is 5.26 Å². The number of benzene rings is 1. The number of methoxy groups -OCH3 is 2. The lowest BCUT2D eigenvalue weighted by molar-refractivity contribution is 0.393. The van der Waals surface area contributed by atoms with Crippen LogP contribution in [0.2, 0.25) is 0 Å². The number of nitriles is 1. The Hall–Kier alpha value is -2.15. The molecule has 1 aliphatic rings. The van der Waals surface area contributed by atoms with Crippen LogP contribution in [0.25, 0.3) is 0 Å². The fourth-order valence-electron chi connectivity index (χ4n) is 2.24. The first kappa shape index (κ1) is 13.3. The van der Waals surface area contributed by atoms with Gasteiger partial charge in [-0.3, -0.25) is 0 Å². The van der Waals surface area contributed by atoms with Crippen molar-refractivity contribution >= 4 is 0 Å². The summed E-state index contributed by atoms with van der Waals surface area (Å²) >= 11 is 0. The molecule has 0 fully saturated rings. The summed E-state index contributed by atoms with van der Waals surface area (Å²) < 4.78 is 10.5. The van der Waals surface area contributed by atoms with E-state index in [1.807, 2.05) is 18.2 Å². The molecule has 0 unspecified atom stereocenters. The smallest absolute Gasteiger partial charge is 0.122 e. The van der Waals surface area contributed by atoms with Crippen LogP contribution in [0.15, 0.2) is 29.5 Å². The van der Waals surface area contributed by atoms with Crippen LogP contribution >= 0.6 is 0 Å². The van der Waals surface area contributed by atoms with Crippen LogP contribution in [-0.4, -0.2) is 14.2 Å². The minimum atomic E-state index is 0.675. The number of hydrogen-bond donors (Lipinski definition) is 1. The van der Waals surface area contributed by atoms with Crippen LogP contribution in [0.5, 0.6) is 11.5 Å². The molecule has 0 spiro atoms. The molecule has 0 saturated heterocycles. The van der Waals surface area contributed by atoms with E-state index in [9.17, 15) is 0 Å². The highest BCUT2D eigenvalue weighted by Gasteiger charge is 2.13. The predicted octanol–water partition coefficient (Wildman–Crippen LogP) is 2.75. The lowest BCUT2D eigenvalue weighted by Crippen LogP contribution is -2.12. The molecule has 0 aromatic heterocycles. The zero-order chi connectivity index (χ0) is 13.7. The van der Waals surface area contributed by atoms with Gasteiger partial charge < -0.3 is 14.8 Å². The Kier molecular flexibility index (Phi) is 4.30. The molecule has 0 amide bonds. The number of hydrogen-bond acceptors (Lipinski definition) is 4. The van der Waals surface area contributed by atoms with E-state index in [0.29, 0.717) is 6.54 Å². The lowest BCUT2D eigenvalue weighted by atomic mass is 10.2. The highest BCUT2D eigenvalue weighted by molar-refractivity contribution is 5.39. The maximum atomic E-state index is 9.01. The SMILES string of the molecule is COc1cc(CNC2=C(C#N)CCC2)cc(OC)c1. The molecule has 2 rings (SSSR count). The van der Waals surface area contributed by atoms with E-state index in [1.165, 1.54) is 0 Å². The highest BCUT2D eigenvalue weighted by atomic mass is 16.5. The number of ether oxygens (including phenoxy) is 2. The molecular weight excluding hydrogens is 240 g/mol. The second-order valence-electron chi connectivity index (χ2n) is 4.50. The molecule has 1 aromatic rings. The molecule has 19 heavy (non-hydrogen) atoms. The van der Waals surface area contributed by atoms with Gasteiger partial charge >= 0.3 is 0 Å². The van der Waals surface area contributed by atoms with E-state index >= 15 is 0 Å². The standard InChI is InChI=1S/C15H18N2O2/c1-18-13-6-11(7-14(8-13)19-2)10-17-15-5-3-4-12(15)9-16/h6-8,17H,3-5,10H2,1-2H3. The van der Waals surface area contributed by atoms with E-state index in [0.717, 1.165) is 47.6 Å². The van der Waals surface area contributed by atoms with E-state index in [4.69, 9.17) is 14.7 Å². The molecule has 1 aliphatic carbocycles. The van der Waals surface area contributed by atoms with Gasteiger partial charge in [0.1, 0.15) is 11.5 Å². The van der Waals surface area contributed by atoms with E-state index in [2.05, 4.69) is 11.4 Å². The summed E-state index contributed by atoms with van der Waals surface area (Å²) in [7, 11) is 3.28. The van der Waals surface area contributed by atoms with Gasteiger partial charge in [0, 0.05) is 23.9 Å². The number of rotatable bonds is 5. The molecule has 0 radical (unpaired) electrons. The zero-order valence-electron chi connectivity index (χ0n) is 11.3. The quantitative estimate of drug-likeness (QED) is 0.882. The highest BCUT2D eigenvalue weighted by Crippen LogP contribution is 2.25. The van der Waals surface area contributed by atoms with Crippen molar-refractivity contribution in [3.8, 4) is 17.6 Å². The molecule has 4 nitrogen and oxygen atoms in total. The molecular formula is C15H18N2O2. The summed E-state index contributed by atoms with van der Waals surface area (Å²) in [5.41, 5.74) is 3.03. The third-order valence-electron chi connectivity index (χ3n) is 3.27. The van der Waals surface area contributed by atoms with Crippen LogP contribution in [0, 0.1) is 11.3 Å². The summed E-state index contributed by atoms with van der Waals surface area (Å²) in [5.74, 6) is 1.55. The first-order chi connectivity index (χ1) is 9.26. The molecule has 1 N–H and O–H groups in total. The third kappa shape index (κ3) is 3.19. The molecule has 0 heterocycles. The summed E-state index contributed by atoms with van der Waals surface area (Å²) in [6.07, 6.45) is 2.91. The Labute approximate surface area is 113 Å². The van der Waals surface area contributed by atoms with Crippen LogP contribution in [0.3, 0.4) is 0 Å². The Balaban J connectivity index is 2.09. The van der Waals surface area contributed by atoms with Crippen molar-refractivity contribution in [3.05, 3.63) is 35.0 Å². The van der Waals surface area contributed by atoms with Gasteiger partial charge in [-0.25, -0.2) is 0 Å². The normalized spacial score (nSPS) is 14.2. The summed E-state index contributed by atoms with van der Waals surface area (Å²) in [5, 5.41) is 12.4. The molecule has 0 aliphatic heterocycles.